The van der Waals surface area contributed by atoms with Gasteiger partial charge in [0.2, 0.25) is 0 Å². The zero-order valence-corrected chi connectivity index (χ0v) is 27.1. The molecule has 6 aromatic carbocycles. The second-order valence-electron chi connectivity index (χ2n) is 13.3. The summed E-state index contributed by atoms with van der Waals surface area (Å²) in [5, 5.41) is 31.2. The average molecular weight is 649 g/mol. The van der Waals surface area contributed by atoms with Gasteiger partial charge in [-0.3, -0.25) is 0 Å². The van der Waals surface area contributed by atoms with Crippen molar-refractivity contribution in [2.24, 2.45) is 0 Å². The van der Waals surface area contributed by atoms with Crippen molar-refractivity contribution in [1.82, 2.24) is 0 Å². The highest BCUT2D eigenvalue weighted by molar-refractivity contribution is 5.99. The monoisotopic (exact) mass is 648 g/mol. The van der Waals surface area contributed by atoms with Crippen LogP contribution in [0.5, 0.6) is 0 Å². The molecule has 2 aliphatic rings. The Morgan fingerprint density at radius 2 is 0.820 bits per heavy atom. The van der Waals surface area contributed by atoms with Crippen LogP contribution in [0.1, 0.15) is 35.5 Å². The van der Waals surface area contributed by atoms with E-state index in [1.807, 2.05) is 121 Å². The zero-order chi connectivity index (χ0) is 33.5. The lowest BCUT2D eigenvalue weighted by atomic mass is 9.61. The van der Waals surface area contributed by atoms with Gasteiger partial charge in [0.25, 0.3) is 0 Å². The first kappa shape index (κ1) is 29.0. The molecule has 50 heavy (non-hydrogen) atoms. The fourth-order valence-electron chi connectivity index (χ4n) is 8.36. The first-order valence-corrected chi connectivity index (χ1v) is 17.1. The van der Waals surface area contributed by atoms with Gasteiger partial charge >= 0.3 is 0 Å². The van der Waals surface area contributed by atoms with Gasteiger partial charge in [0.1, 0.15) is 11.2 Å². The van der Waals surface area contributed by atoms with Crippen LogP contribution in [0.15, 0.2) is 178 Å². The molecule has 0 bridgehead atoms. The van der Waals surface area contributed by atoms with Crippen LogP contribution >= 0.6 is 0 Å². The third-order valence-corrected chi connectivity index (χ3v) is 10.6. The number of fused-ring (bicyclic) bond motifs is 5. The maximum Gasteiger partial charge on any atom is 0.174 e. The molecule has 8 aromatic rings. The Morgan fingerprint density at radius 1 is 0.440 bits per heavy atom. The smallest absolute Gasteiger partial charge is 0.174 e. The molecule has 2 aliphatic carbocycles. The molecule has 0 saturated carbocycles. The number of aliphatic hydroxyl groups is 2. The summed E-state index contributed by atoms with van der Waals surface area (Å²) in [6.07, 6.45) is 5.55. The molecule has 4 nitrogen and oxygen atoms in total. The number of rotatable bonds is 4. The topological polar surface area (TPSA) is 66.7 Å². The average Bonchev–Trinajstić information content (AvgIpc) is 3.77. The Hall–Kier alpha value is -5.94. The summed E-state index contributed by atoms with van der Waals surface area (Å²) in [6, 6.07) is 48.2. The molecular weight excluding hydrogens is 617 g/mol. The molecule has 2 heterocycles. The van der Waals surface area contributed by atoms with Gasteiger partial charge < -0.3 is 19.0 Å². The van der Waals surface area contributed by atoms with Crippen molar-refractivity contribution in [3.05, 3.63) is 192 Å². The number of hydrogen-bond donors (Lipinski definition) is 2. The minimum Gasteiger partial charge on any atom is -0.457 e. The van der Waals surface area contributed by atoms with Crippen LogP contribution in [0.2, 0.25) is 0 Å². The molecule has 0 saturated heterocycles. The van der Waals surface area contributed by atoms with E-state index >= 15 is 0 Å². The number of allylic oxidation sites excluding steroid dienone is 2. The van der Waals surface area contributed by atoms with Crippen LogP contribution in [-0.2, 0) is 11.2 Å². The van der Waals surface area contributed by atoms with E-state index in [1.165, 1.54) is 0 Å². The molecule has 10 rings (SSSR count). The SMILES string of the molecule is OC1(c2oc3ccccc3c2-c2ccccc2)C2=CCCC=C2C(O)(c2oc3ccccc3c2-c2ccccc2)c2cc3ccccc3cc21. The molecule has 0 fully saturated rings. The predicted molar refractivity (Wildman–Crippen MR) is 199 cm³/mol. The Morgan fingerprint density at radius 3 is 1.26 bits per heavy atom. The van der Waals surface area contributed by atoms with Gasteiger partial charge in [-0.2, -0.15) is 0 Å². The Kier molecular flexibility index (Phi) is 6.26. The van der Waals surface area contributed by atoms with E-state index in [9.17, 15) is 10.2 Å². The van der Waals surface area contributed by atoms with Gasteiger partial charge in [0.05, 0.1) is 0 Å². The summed E-state index contributed by atoms with van der Waals surface area (Å²) in [5.41, 5.74) is 3.72. The van der Waals surface area contributed by atoms with Gasteiger partial charge in [0.15, 0.2) is 22.7 Å². The molecule has 240 valence electrons. The van der Waals surface area contributed by atoms with E-state index in [-0.39, 0.29) is 0 Å². The molecule has 4 heteroatoms. The van der Waals surface area contributed by atoms with Crippen molar-refractivity contribution in [3.63, 3.8) is 0 Å². The number of benzene rings is 6. The molecular formula is C46H32O4. The van der Waals surface area contributed by atoms with Crippen molar-refractivity contribution < 1.29 is 19.0 Å². The highest BCUT2D eigenvalue weighted by Gasteiger charge is 2.58. The molecule has 2 N–H and O–H groups in total. The van der Waals surface area contributed by atoms with Crippen LogP contribution in [0, 0.1) is 0 Å². The van der Waals surface area contributed by atoms with Crippen molar-refractivity contribution >= 4 is 32.7 Å². The van der Waals surface area contributed by atoms with Crippen LogP contribution in [0.25, 0.3) is 55.0 Å². The molecule has 2 unspecified atom stereocenters. The minimum absolute atomic E-state index is 0.426. The van der Waals surface area contributed by atoms with E-state index in [2.05, 4.69) is 36.4 Å². The van der Waals surface area contributed by atoms with Gasteiger partial charge in [-0.05, 0) is 70.2 Å². The van der Waals surface area contributed by atoms with Gasteiger partial charge in [-0.25, -0.2) is 0 Å². The molecule has 2 aromatic heterocycles. The van der Waals surface area contributed by atoms with Crippen molar-refractivity contribution in [2.45, 2.75) is 24.0 Å². The van der Waals surface area contributed by atoms with Crippen LogP contribution < -0.4 is 0 Å². The lowest BCUT2D eigenvalue weighted by molar-refractivity contribution is 0.0460. The number of para-hydroxylation sites is 2. The summed E-state index contributed by atoms with van der Waals surface area (Å²) in [4.78, 5) is 0. The third kappa shape index (κ3) is 3.95. The Labute approximate surface area is 288 Å². The van der Waals surface area contributed by atoms with Crippen LogP contribution in [-0.4, -0.2) is 10.2 Å². The highest BCUT2D eigenvalue weighted by Crippen LogP contribution is 2.61. The molecule has 0 aliphatic heterocycles. The Balaban J connectivity index is 1.36. The fourth-order valence-corrected chi connectivity index (χ4v) is 8.36. The van der Waals surface area contributed by atoms with E-state index in [0.717, 1.165) is 43.8 Å². The van der Waals surface area contributed by atoms with E-state index < -0.39 is 11.2 Å². The van der Waals surface area contributed by atoms with Crippen LogP contribution in [0.4, 0.5) is 0 Å². The highest BCUT2D eigenvalue weighted by atomic mass is 16.4. The van der Waals surface area contributed by atoms with Crippen molar-refractivity contribution in [3.8, 4) is 22.3 Å². The summed E-state index contributed by atoms with van der Waals surface area (Å²) < 4.78 is 13.6. The minimum atomic E-state index is -1.75. The predicted octanol–water partition coefficient (Wildman–Crippen LogP) is 10.8. The lowest BCUT2D eigenvalue weighted by Gasteiger charge is -2.46. The van der Waals surface area contributed by atoms with E-state index in [4.69, 9.17) is 8.83 Å². The summed E-state index contributed by atoms with van der Waals surface area (Å²) in [5.74, 6) is 0.853. The van der Waals surface area contributed by atoms with E-state index in [1.54, 1.807) is 0 Å². The van der Waals surface area contributed by atoms with Gasteiger partial charge in [-0.15, -0.1) is 0 Å². The molecule has 2 atom stereocenters. The second kappa shape index (κ2) is 10.8. The zero-order valence-electron chi connectivity index (χ0n) is 27.1. The molecule has 0 amide bonds. The van der Waals surface area contributed by atoms with Crippen molar-refractivity contribution in [1.29, 1.82) is 0 Å². The maximum absolute atomic E-state index is 13.8. The number of furan rings is 2. The first-order chi connectivity index (χ1) is 24.6. The molecule has 0 spiro atoms. The Bertz CT molecular complexity index is 2490. The summed E-state index contributed by atoms with van der Waals surface area (Å²) in [7, 11) is 0. The lowest BCUT2D eigenvalue weighted by Crippen LogP contribution is -2.46. The van der Waals surface area contributed by atoms with Gasteiger partial charge in [-0.1, -0.05) is 133 Å². The second-order valence-corrected chi connectivity index (χ2v) is 13.3. The summed E-state index contributed by atoms with van der Waals surface area (Å²) in [6.45, 7) is 0. The van der Waals surface area contributed by atoms with Crippen LogP contribution in [0.3, 0.4) is 0 Å². The number of hydrogen-bond acceptors (Lipinski definition) is 4. The molecule has 0 radical (unpaired) electrons. The normalized spacial score (nSPS) is 20.0. The van der Waals surface area contributed by atoms with Gasteiger partial charge in [0, 0.05) is 33.0 Å². The fraction of sp³-hybridized carbons (Fsp3) is 0.0870. The first-order valence-electron chi connectivity index (χ1n) is 17.1. The maximum atomic E-state index is 13.8. The quantitative estimate of drug-likeness (QED) is 0.199. The standard InChI is InChI=1S/C46H32O4/c47-45(43-41(29-15-3-1-4-16-29)33-21-9-13-25-39(33)49-43)35-23-11-12-24-36(35)46(48,38-28-32-20-8-7-19-31(32)27-37(38)45)44-42(30-17-5-2-6-18-30)34-22-10-14-26-40(34)50-44/h1-10,13-28,47-48H,11-12H2. The third-order valence-electron chi connectivity index (χ3n) is 10.6. The largest absolute Gasteiger partial charge is 0.457 e. The summed E-state index contributed by atoms with van der Waals surface area (Å²) >= 11 is 0. The van der Waals surface area contributed by atoms with Crippen molar-refractivity contribution in [2.75, 3.05) is 0 Å². The van der Waals surface area contributed by atoms with E-state index in [0.29, 0.717) is 57.8 Å².